The largest absolute Gasteiger partial charge is 0.508 e. The van der Waals surface area contributed by atoms with Crippen LogP contribution in [0, 0.1) is 0 Å². The third-order valence-electron chi connectivity index (χ3n) is 3.16. The van der Waals surface area contributed by atoms with Crippen LogP contribution < -0.4 is 10.6 Å². The monoisotopic (exact) mass is 304 g/mol. The normalized spacial score (nSPS) is 10.2. The van der Waals surface area contributed by atoms with Gasteiger partial charge in [-0.2, -0.15) is 0 Å². The second kappa shape index (κ2) is 6.99. The molecule has 110 valence electrons. The number of hydrogen-bond donors (Lipinski definition) is 3. The quantitative estimate of drug-likeness (QED) is 0.796. The van der Waals surface area contributed by atoms with E-state index in [1.165, 1.54) is 0 Å². The number of aromatic hydroxyl groups is 1. The van der Waals surface area contributed by atoms with Gasteiger partial charge < -0.3 is 15.7 Å². The van der Waals surface area contributed by atoms with Crippen molar-refractivity contribution < 1.29 is 9.90 Å². The highest BCUT2D eigenvalue weighted by Crippen LogP contribution is 2.23. The molecule has 1 amide bonds. The number of anilines is 1. The highest BCUT2D eigenvalue weighted by molar-refractivity contribution is 6.30. The Kier molecular flexibility index (Phi) is 5.06. The van der Waals surface area contributed by atoms with Gasteiger partial charge in [-0.1, -0.05) is 29.8 Å². The van der Waals surface area contributed by atoms with Crippen molar-refractivity contribution in [1.29, 1.82) is 0 Å². The predicted molar refractivity (Wildman–Crippen MR) is 84.7 cm³/mol. The average Bonchev–Trinajstić information content (AvgIpc) is 2.49. The van der Waals surface area contributed by atoms with Crippen molar-refractivity contribution in [1.82, 2.24) is 5.32 Å². The Hall–Kier alpha value is -2.20. The maximum absolute atomic E-state index is 11.5. The molecule has 3 N–H and O–H groups in total. The smallest absolute Gasteiger partial charge is 0.224 e. The molecule has 2 rings (SSSR count). The zero-order chi connectivity index (χ0) is 15.2. The van der Waals surface area contributed by atoms with E-state index in [1.54, 1.807) is 25.2 Å². The van der Waals surface area contributed by atoms with Crippen LogP contribution in [0.3, 0.4) is 0 Å². The van der Waals surface area contributed by atoms with Crippen LogP contribution in [-0.2, 0) is 17.8 Å². The van der Waals surface area contributed by atoms with E-state index in [9.17, 15) is 9.90 Å². The summed E-state index contributed by atoms with van der Waals surface area (Å²) in [6.07, 6.45) is 0.307. The molecular weight excluding hydrogens is 288 g/mol. The molecule has 4 nitrogen and oxygen atoms in total. The minimum Gasteiger partial charge on any atom is -0.508 e. The molecule has 0 bridgehead atoms. The molecule has 0 fully saturated rings. The lowest BCUT2D eigenvalue weighted by Gasteiger charge is -2.12. The first-order valence-corrected chi connectivity index (χ1v) is 6.97. The molecule has 5 heteroatoms. The highest BCUT2D eigenvalue weighted by Gasteiger charge is 2.07. The molecule has 0 aliphatic rings. The van der Waals surface area contributed by atoms with E-state index < -0.39 is 0 Å². The second-order valence-corrected chi connectivity index (χ2v) is 5.07. The van der Waals surface area contributed by atoms with Gasteiger partial charge in [0.1, 0.15) is 5.75 Å². The molecule has 2 aromatic rings. The Labute approximate surface area is 128 Å². The van der Waals surface area contributed by atoms with Gasteiger partial charge in [-0.3, -0.25) is 4.79 Å². The summed E-state index contributed by atoms with van der Waals surface area (Å²) in [6, 6.07) is 12.5. The van der Waals surface area contributed by atoms with Crippen molar-refractivity contribution in [2.24, 2.45) is 0 Å². The number of likely N-dealkylation sites (N-methyl/N-ethyl adjacent to an activating group) is 1. The van der Waals surface area contributed by atoms with Crippen molar-refractivity contribution in [2.75, 3.05) is 12.4 Å². The molecule has 0 unspecified atom stereocenters. The highest BCUT2D eigenvalue weighted by atomic mass is 35.5. The fraction of sp³-hybridized carbons (Fsp3) is 0.188. The van der Waals surface area contributed by atoms with Crippen LogP contribution in [-0.4, -0.2) is 18.1 Å². The average molecular weight is 305 g/mol. The number of hydrogen-bond acceptors (Lipinski definition) is 3. The van der Waals surface area contributed by atoms with Crippen molar-refractivity contribution in [3.8, 4) is 5.75 Å². The van der Waals surface area contributed by atoms with Crippen LogP contribution >= 0.6 is 11.6 Å². The van der Waals surface area contributed by atoms with Gasteiger partial charge in [0.2, 0.25) is 5.91 Å². The zero-order valence-corrected chi connectivity index (χ0v) is 12.4. The lowest BCUT2D eigenvalue weighted by molar-refractivity contribution is -0.119. The summed E-state index contributed by atoms with van der Waals surface area (Å²) in [4.78, 5) is 11.5. The fourth-order valence-corrected chi connectivity index (χ4v) is 2.19. The van der Waals surface area contributed by atoms with Crippen LogP contribution in [0.4, 0.5) is 5.69 Å². The molecule has 0 heterocycles. The van der Waals surface area contributed by atoms with Crippen molar-refractivity contribution in [3.63, 3.8) is 0 Å². The first kappa shape index (κ1) is 15.2. The van der Waals surface area contributed by atoms with Crippen LogP contribution in [0.5, 0.6) is 5.75 Å². The maximum atomic E-state index is 11.5. The standard InChI is InChI=1S/C16H17ClN2O2/c1-18-16(21)9-11-4-2-3-5-14(11)19-10-12-8-13(17)6-7-15(12)20/h2-8,19-20H,9-10H2,1H3,(H,18,21). The minimum atomic E-state index is -0.0464. The van der Waals surface area contributed by atoms with Gasteiger partial charge in [0.25, 0.3) is 0 Å². The van der Waals surface area contributed by atoms with Crippen molar-refractivity contribution in [3.05, 3.63) is 58.6 Å². The number of nitrogens with one attached hydrogen (secondary N) is 2. The summed E-state index contributed by atoms with van der Waals surface area (Å²) in [5.41, 5.74) is 2.47. The van der Waals surface area contributed by atoms with E-state index in [0.29, 0.717) is 23.6 Å². The Bertz CT molecular complexity index is 644. The Morgan fingerprint density at radius 2 is 1.95 bits per heavy atom. The van der Waals surface area contributed by atoms with E-state index in [-0.39, 0.29) is 11.7 Å². The minimum absolute atomic E-state index is 0.0464. The molecule has 0 aromatic heterocycles. The third-order valence-corrected chi connectivity index (χ3v) is 3.39. The Morgan fingerprint density at radius 3 is 2.71 bits per heavy atom. The predicted octanol–water partition coefficient (Wildman–Crippen LogP) is 2.95. The molecule has 0 atom stereocenters. The van der Waals surface area contributed by atoms with E-state index in [1.807, 2.05) is 24.3 Å². The maximum Gasteiger partial charge on any atom is 0.224 e. The van der Waals surface area contributed by atoms with Gasteiger partial charge in [-0.15, -0.1) is 0 Å². The molecule has 0 spiro atoms. The zero-order valence-electron chi connectivity index (χ0n) is 11.7. The van der Waals surface area contributed by atoms with Crippen LogP contribution in [0.15, 0.2) is 42.5 Å². The molecule has 21 heavy (non-hydrogen) atoms. The molecular formula is C16H17ClN2O2. The lowest BCUT2D eigenvalue weighted by atomic mass is 10.1. The van der Waals surface area contributed by atoms with Gasteiger partial charge in [0, 0.05) is 29.9 Å². The SMILES string of the molecule is CNC(=O)Cc1ccccc1NCc1cc(Cl)ccc1O. The molecule has 0 saturated heterocycles. The van der Waals surface area contributed by atoms with E-state index in [2.05, 4.69) is 10.6 Å². The second-order valence-electron chi connectivity index (χ2n) is 4.63. The molecule has 0 radical (unpaired) electrons. The van der Waals surface area contributed by atoms with Gasteiger partial charge >= 0.3 is 0 Å². The van der Waals surface area contributed by atoms with E-state index >= 15 is 0 Å². The number of phenolic OH excluding ortho intramolecular Hbond substituents is 1. The molecule has 0 saturated carbocycles. The Morgan fingerprint density at radius 1 is 1.19 bits per heavy atom. The van der Waals surface area contributed by atoms with Gasteiger partial charge in [-0.25, -0.2) is 0 Å². The lowest BCUT2D eigenvalue weighted by Crippen LogP contribution is -2.20. The number of para-hydroxylation sites is 1. The fourth-order valence-electron chi connectivity index (χ4n) is 1.99. The number of carbonyl (C=O) groups excluding carboxylic acids is 1. The first-order valence-electron chi connectivity index (χ1n) is 6.60. The number of carbonyl (C=O) groups is 1. The number of benzene rings is 2. The summed E-state index contributed by atoms with van der Waals surface area (Å²) in [7, 11) is 1.61. The van der Waals surface area contributed by atoms with Gasteiger partial charge in [0.05, 0.1) is 6.42 Å². The third kappa shape index (κ3) is 4.13. The summed E-state index contributed by atoms with van der Waals surface area (Å²) in [5.74, 6) is 0.144. The van der Waals surface area contributed by atoms with E-state index in [4.69, 9.17) is 11.6 Å². The number of phenols is 1. The number of rotatable bonds is 5. The molecule has 0 aliphatic carbocycles. The summed E-state index contributed by atoms with van der Waals surface area (Å²) in [5, 5.41) is 16.2. The van der Waals surface area contributed by atoms with E-state index in [0.717, 1.165) is 11.3 Å². The number of amides is 1. The topological polar surface area (TPSA) is 61.4 Å². The van der Waals surface area contributed by atoms with Crippen LogP contribution in [0.25, 0.3) is 0 Å². The van der Waals surface area contributed by atoms with Gasteiger partial charge in [-0.05, 0) is 29.8 Å². The Balaban J connectivity index is 2.13. The van der Waals surface area contributed by atoms with Crippen molar-refractivity contribution >= 4 is 23.2 Å². The molecule has 2 aromatic carbocycles. The first-order chi connectivity index (χ1) is 10.1. The summed E-state index contributed by atoms with van der Waals surface area (Å²) in [6.45, 7) is 0.428. The summed E-state index contributed by atoms with van der Waals surface area (Å²) >= 11 is 5.93. The van der Waals surface area contributed by atoms with Crippen LogP contribution in [0.1, 0.15) is 11.1 Å². The van der Waals surface area contributed by atoms with Gasteiger partial charge in [0.15, 0.2) is 0 Å². The molecule has 0 aliphatic heterocycles. The number of halogens is 1. The van der Waals surface area contributed by atoms with Crippen molar-refractivity contribution in [2.45, 2.75) is 13.0 Å². The summed E-state index contributed by atoms with van der Waals surface area (Å²) < 4.78 is 0. The van der Waals surface area contributed by atoms with Crippen LogP contribution in [0.2, 0.25) is 5.02 Å².